The highest BCUT2D eigenvalue weighted by Crippen LogP contribution is 2.34. The van der Waals surface area contributed by atoms with Crippen LogP contribution in [0.25, 0.3) is 0 Å². The normalized spacial score (nSPS) is 16.6. The Morgan fingerprint density at radius 1 is 1.00 bits per heavy atom. The summed E-state index contributed by atoms with van der Waals surface area (Å²) in [6, 6.07) is 0. The Morgan fingerprint density at radius 2 is 1.62 bits per heavy atom. The van der Waals surface area contributed by atoms with Crippen molar-refractivity contribution in [2.75, 3.05) is 36.0 Å². The van der Waals surface area contributed by atoms with E-state index in [0.717, 1.165) is 10.0 Å². The second kappa shape index (κ2) is 5.41. The first-order valence-corrected chi connectivity index (χ1v) is 7.90. The number of halogens is 3. The summed E-state index contributed by atoms with van der Waals surface area (Å²) < 4.78 is 37.6. The van der Waals surface area contributed by atoms with E-state index in [0.29, 0.717) is 42.6 Å². The molecule has 2 aromatic rings. The van der Waals surface area contributed by atoms with Gasteiger partial charge in [-0.1, -0.05) is 11.3 Å². The van der Waals surface area contributed by atoms with Crippen molar-refractivity contribution in [3.63, 3.8) is 0 Å². The van der Waals surface area contributed by atoms with Gasteiger partial charge in [0.15, 0.2) is 5.13 Å². The molecule has 2 aromatic heterocycles. The zero-order valence-electron chi connectivity index (χ0n) is 11.1. The molecule has 114 valence electrons. The van der Waals surface area contributed by atoms with E-state index in [4.69, 9.17) is 0 Å². The Bertz CT molecular complexity index is 615. The number of piperazine rings is 1. The molecule has 0 aromatic carbocycles. The van der Waals surface area contributed by atoms with Gasteiger partial charge in [0.05, 0.1) is 0 Å². The number of aryl methyl sites for hydroxylation is 1. The number of hydrogen-bond acceptors (Lipinski definition) is 7. The lowest BCUT2D eigenvalue weighted by atomic mass is 10.3. The molecule has 0 atom stereocenters. The van der Waals surface area contributed by atoms with E-state index in [-0.39, 0.29) is 0 Å². The van der Waals surface area contributed by atoms with Crippen LogP contribution in [0.2, 0.25) is 0 Å². The minimum atomic E-state index is -4.42. The molecule has 0 unspecified atom stereocenters. The average molecular weight is 335 g/mol. The lowest BCUT2D eigenvalue weighted by Gasteiger charge is -2.34. The molecule has 0 N–H and O–H groups in total. The van der Waals surface area contributed by atoms with Crippen LogP contribution >= 0.6 is 22.7 Å². The Labute approximate surface area is 127 Å². The van der Waals surface area contributed by atoms with Crippen LogP contribution in [0.4, 0.5) is 23.4 Å². The minimum absolute atomic E-state index is 0.331. The van der Waals surface area contributed by atoms with E-state index < -0.39 is 11.2 Å². The van der Waals surface area contributed by atoms with Crippen LogP contribution in [0.3, 0.4) is 0 Å². The summed E-state index contributed by atoms with van der Waals surface area (Å²) in [4.78, 5) is 9.45. The van der Waals surface area contributed by atoms with Crippen molar-refractivity contribution in [1.82, 2.24) is 15.2 Å². The van der Waals surface area contributed by atoms with Gasteiger partial charge in [0.2, 0.25) is 10.1 Å². The first-order valence-electron chi connectivity index (χ1n) is 6.26. The van der Waals surface area contributed by atoms with Crippen molar-refractivity contribution >= 4 is 32.9 Å². The van der Waals surface area contributed by atoms with Gasteiger partial charge in [-0.3, -0.25) is 0 Å². The van der Waals surface area contributed by atoms with Gasteiger partial charge < -0.3 is 9.80 Å². The summed E-state index contributed by atoms with van der Waals surface area (Å²) in [5.41, 5.74) is 0. The molecule has 3 heterocycles. The van der Waals surface area contributed by atoms with Gasteiger partial charge >= 0.3 is 6.18 Å². The fraction of sp³-hybridized carbons (Fsp3) is 0.545. The maximum absolute atomic E-state index is 12.5. The van der Waals surface area contributed by atoms with Gasteiger partial charge in [0.1, 0.15) is 0 Å². The molecule has 1 aliphatic heterocycles. The molecule has 21 heavy (non-hydrogen) atoms. The fourth-order valence-electron chi connectivity index (χ4n) is 2.04. The molecule has 3 rings (SSSR count). The number of nitrogens with zero attached hydrogens (tertiary/aromatic N) is 5. The molecule has 1 fully saturated rings. The maximum atomic E-state index is 12.5. The molecule has 1 saturated heterocycles. The van der Waals surface area contributed by atoms with Crippen LogP contribution in [0.1, 0.15) is 9.88 Å². The van der Waals surface area contributed by atoms with Crippen LogP contribution in [0, 0.1) is 6.92 Å². The number of thiazole rings is 1. The summed E-state index contributed by atoms with van der Waals surface area (Å²) in [7, 11) is 0. The van der Waals surface area contributed by atoms with Gasteiger partial charge in [-0.15, -0.1) is 21.5 Å². The second-order valence-electron chi connectivity index (χ2n) is 4.62. The molecule has 0 aliphatic carbocycles. The second-order valence-corrected chi connectivity index (χ2v) is 6.78. The zero-order valence-corrected chi connectivity index (χ0v) is 12.7. The maximum Gasteiger partial charge on any atom is 0.445 e. The Hall–Kier alpha value is -1.42. The Balaban J connectivity index is 1.64. The van der Waals surface area contributed by atoms with E-state index in [1.54, 1.807) is 11.3 Å². The number of aromatic nitrogens is 3. The fourth-order valence-corrected chi connectivity index (χ4v) is 3.61. The Kier molecular flexibility index (Phi) is 3.74. The standard InChI is InChI=1S/C11H12F3N5S2/c1-7-6-15-9(20-7)18-2-4-19(5-3-18)10-17-16-8(21-10)11(12,13)14/h6H,2-5H2,1H3. The SMILES string of the molecule is Cc1cnc(N2CCN(c3nnc(C(F)(F)F)s3)CC2)s1. The average Bonchev–Trinajstić information content (AvgIpc) is 3.07. The predicted molar refractivity (Wildman–Crippen MR) is 76.2 cm³/mol. The largest absolute Gasteiger partial charge is 0.445 e. The van der Waals surface area contributed by atoms with Crippen LogP contribution in [-0.4, -0.2) is 41.4 Å². The van der Waals surface area contributed by atoms with Crippen LogP contribution < -0.4 is 9.80 Å². The van der Waals surface area contributed by atoms with E-state index in [9.17, 15) is 13.2 Å². The van der Waals surface area contributed by atoms with Crippen molar-refractivity contribution in [3.05, 3.63) is 16.1 Å². The first kappa shape index (κ1) is 14.5. The summed E-state index contributed by atoms with van der Waals surface area (Å²) in [6.07, 6.45) is -2.59. The highest BCUT2D eigenvalue weighted by Gasteiger charge is 2.36. The van der Waals surface area contributed by atoms with Gasteiger partial charge in [-0.25, -0.2) is 4.98 Å². The molecule has 5 nitrogen and oxygen atoms in total. The molecule has 0 spiro atoms. The number of alkyl halides is 3. The third-order valence-corrected chi connectivity index (χ3v) is 5.09. The topological polar surface area (TPSA) is 45.2 Å². The van der Waals surface area contributed by atoms with Crippen LogP contribution in [-0.2, 0) is 6.18 Å². The van der Waals surface area contributed by atoms with Crippen molar-refractivity contribution in [2.24, 2.45) is 0 Å². The van der Waals surface area contributed by atoms with E-state index in [1.807, 2.05) is 18.0 Å². The third kappa shape index (κ3) is 3.10. The predicted octanol–water partition coefficient (Wildman–Crippen LogP) is 2.65. The van der Waals surface area contributed by atoms with Gasteiger partial charge in [-0.05, 0) is 6.92 Å². The molecule has 0 radical (unpaired) electrons. The quantitative estimate of drug-likeness (QED) is 0.844. The molecule has 10 heteroatoms. The smallest absolute Gasteiger partial charge is 0.345 e. The number of hydrogen-bond donors (Lipinski definition) is 0. The molecule has 1 aliphatic rings. The minimum Gasteiger partial charge on any atom is -0.345 e. The van der Waals surface area contributed by atoms with E-state index in [2.05, 4.69) is 20.1 Å². The highest BCUT2D eigenvalue weighted by molar-refractivity contribution is 7.15. The van der Waals surface area contributed by atoms with Crippen molar-refractivity contribution in [2.45, 2.75) is 13.1 Å². The van der Waals surface area contributed by atoms with Crippen molar-refractivity contribution in [3.8, 4) is 0 Å². The van der Waals surface area contributed by atoms with E-state index in [1.165, 1.54) is 0 Å². The lowest BCUT2D eigenvalue weighted by Crippen LogP contribution is -2.46. The summed E-state index contributed by atoms with van der Waals surface area (Å²) >= 11 is 2.22. The summed E-state index contributed by atoms with van der Waals surface area (Å²) in [6.45, 7) is 4.66. The molecule has 0 saturated carbocycles. The van der Waals surface area contributed by atoms with Gasteiger partial charge in [0.25, 0.3) is 0 Å². The number of rotatable bonds is 2. The van der Waals surface area contributed by atoms with Crippen LogP contribution in [0.15, 0.2) is 6.20 Å². The highest BCUT2D eigenvalue weighted by atomic mass is 32.1. The molecular formula is C11H12F3N5S2. The number of anilines is 2. The molecule has 0 amide bonds. The Morgan fingerprint density at radius 3 is 2.10 bits per heavy atom. The van der Waals surface area contributed by atoms with Crippen LogP contribution in [0.5, 0.6) is 0 Å². The van der Waals surface area contributed by atoms with E-state index >= 15 is 0 Å². The monoisotopic (exact) mass is 335 g/mol. The van der Waals surface area contributed by atoms with Gasteiger partial charge in [-0.2, -0.15) is 13.2 Å². The molecular weight excluding hydrogens is 323 g/mol. The summed E-state index contributed by atoms with van der Waals surface area (Å²) in [5, 5.41) is 7.27. The van der Waals surface area contributed by atoms with Crippen molar-refractivity contribution < 1.29 is 13.2 Å². The van der Waals surface area contributed by atoms with Gasteiger partial charge in [0, 0.05) is 37.3 Å². The lowest BCUT2D eigenvalue weighted by molar-refractivity contribution is -0.138. The summed E-state index contributed by atoms with van der Waals surface area (Å²) in [5.74, 6) is 0. The van der Waals surface area contributed by atoms with Crippen molar-refractivity contribution in [1.29, 1.82) is 0 Å². The zero-order chi connectivity index (χ0) is 15.0. The third-order valence-electron chi connectivity index (χ3n) is 3.09. The molecule has 0 bridgehead atoms. The first-order chi connectivity index (χ1) is 9.93.